The molecule has 0 bridgehead atoms. The Morgan fingerprint density at radius 2 is 2.24 bits per heavy atom. The second-order valence-electron chi connectivity index (χ2n) is 6.19. The normalized spacial score (nSPS) is 13.1. The number of thioether (sulfide) groups is 1. The minimum atomic E-state index is -1.17. The van der Waals surface area contributed by atoms with Crippen LogP contribution >= 0.6 is 11.8 Å². The van der Waals surface area contributed by atoms with Crippen LogP contribution in [0.3, 0.4) is 0 Å². The van der Waals surface area contributed by atoms with E-state index in [0.29, 0.717) is 12.2 Å². The summed E-state index contributed by atoms with van der Waals surface area (Å²) in [6.07, 6.45) is 6.73. The van der Waals surface area contributed by atoms with Crippen molar-refractivity contribution in [3.8, 4) is 12.3 Å². The Morgan fingerprint density at radius 1 is 1.48 bits per heavy atom. The minimum Gasteiger partial charge on any atom is -0.392 e. The first-order valence-electron chi connectivity index (χ1n) is 8.79. The van der Waals surface area contributed by atoms with Crippen molar-refractivity contribution in [2.24, 2.45) is 0 Å². The fourth-order valence-electron chi connectivity index (χ4n) is 2.54. The smallest absolute Gasteiger partial charge is 0.312 e. The van der Waals surface area contributed by atoms with Crippen molar-refractivity contribution in [1.29, 1.82) is 0 Å². The summed E-state index contributed by atoms with van der Waals surface area (Å²) in [6, 6.07) is 0. The molecule has 29 heavy (non-hydrogen) atoms. The van der Waals surface area contributed by atoms with Gasteiger partial charge in [0, 0.05) is 39.2 Å². The van der Waals surface area contributed by atoms with E-state index in [0.717, 1.165) is 11.8 Å². The number of aliphatic hydroxyl groups excluding tert-OH is 1. The molecule has 2 aromatic heterocycles. The summed E-state index contributed by atoms with van der Waals surface area (Å²) in [4.78, 5) is 34.5. The molecule has 0 fully saturated rings. The zero-order valence-corrected chi connectivity index (χ0v) is 17.0. The zero-order chi connectivity index (χ0) is 21.4. The SMILES string of the molecule is C#CC(CO)(CCn1cnc2c(NC(=O)CCCSC(C)=O)nc(F)nc21)OC. The lowest BCUT2D eigenvalue weighted by atomic mass is 10.0. The number of fused-ring (bicyclic) bond motifs is 1. The van der Waals surface area contributed by atoms with E-state index in [1.165, 1.54) is 20.4 Å². The lowest BCUT2D eigenvalue weighted by Gasteiger charge is -2.24. The van der Waals surface area contributed by atoms with E-state index in [-0.39, 0.29) is 54.0 Å². The lowest BCUT2D eigenvalue weighted by molar-refractivity contribution is -0.116. The molecule has 1 unspecified atom stereocenters. The van der Waals surface area contributed by atoms with Gasteiger partial charge in [-0.2, -0.15) is 14.4 Å². The second-order valence-corrected chi connectivity index (χ2v) is 7.47. The predicted octanol–water partition coefficient (Wildman–Crippen LogP) is 1.36. The minimum absolute atomic E-state index is 0.0148. The molecule has 2 aromatic rings. The standard InChI is InChI=1S/C18H22FN5O4S/c1-4-18(10-25,28-3)7-8-24-11-20-14-15(22-17(19)23-16(14)24)21-13(27)6-5-9-29-12(2)26/h1,11,25H,5-10H2,2-3H3,(H,21,22,23,27). The number of hydrogen-bond donors (Lipinski definition) is 2. The van der Waals surface area contributed by atoms with Gasteiger partial charge in [-0.05, 0) is 6.42 Å². The molecule has 156 valence electrons. The van der Waals surface area contributed by atoms with E-state index in [2.05, 4.69) is 26.2 Å². The number of aryl methyl sites for hydroxylation is 1. The van der Waals surface area contributed by atoms with Crippen LogP contribution < -0.4 is 5.32 Å². The number of hydrogen-bond acceptors (Lipinski definition) is 8. The Hall–Kier alpha value is -2.55. The summed E-state index contributed by atoms with van der Waals surface area (Å²) >= 11 is 1.14. The Morgan fingerprint density at radius 3 is 2.86 bits per heavy atom. The van der Waals surface area contributed by atoms with Gasteiger partial charge in [0.2, 0.25) is 5.91 Å². The maximum atomic E-state index is 13.9. The van der Waals surface area contributed by atoms with E-state index in [4.69, 9.17) is 11.2 Å². The number of ether oxygens (including phenoxy) is 1. The number of carbonyl (C=O) groups excluding carboxylic acids is 2. The molecule has 2 rings (SSSR count). The summed E-state index contributed by atoms with van der Waals surface area (Å²) in [5.74, 6) is 2.53. The number of rotatable bonds is 10. The van der Waals surface area contributed by atoms with Crippen LogP contribution in [0.5, 0.6) is 0 Å². The molecule has 11 heteroatoms. The highest BCUT2D eigenvalue weighted by molar-refractivity contribution is 8.13. The summed E-state index contributed by atoms with van der Waals surface area (Å²) < 4.78 is 20.7. The average molecular weight is 423 g/mol. The van der Waals surface area contributed by atoms with Gasteiger partial charge in [0.25, 0.3) is 0 Å². The molecule has 0 aliphatic carbocycles. The number of terminal acetylenes is 1. The second kappa shape index (κ2) is 10.3. The van der Waals surface area contributed by atoms with E-state index in [1.54, 1.807) is 4.57 Å². The number of methoxy groups -OCH3 is 1. The van der Waals surface area contributed by atoms with Gasteiger partial charge < -0.3 is 19.7 Å². The van der Waals surface area contributed by atoms with Crippen molar-refractivity contribution in [1.82, 2.24) is 19.5 Å². The number of nitrogens with one attached hydrogen (secondary N) is 1. The van der Waals surface area contributed by atoms with Crippen molar-refractivity contribution in [3.05, 3.63) is 12.4 Å². The highest BCUT2D eigenvalue weighted by Crippen LogP contribution is 2.21. The first-order valence-corrected chi connectivity index (χ1v) is 9.78. The molecule has 1 amide bonds. The average Bonchev–Trinajstić information content (AvgIpc) is 3.09. The molecule has 0 saturated heterocycles. The van der Waals surface area contributed by atoms with Crippen molar-refractivity contribution < 1.29 is 23.8 Å². The van der Waals surface area contributed by atoms with Crippen LogP contribution in [-0.4, -0.2) is 60.7 Å². The van der Waals surface area contributed by atoms with Gasteiger partial charge in [-0.3, -0.25) is 9.59 Å². The largest absolute Gasteiger partial charge is 0.392 e. The van der Waals surface area contributed by atoms with Crippen LogP contribution in [0, 0.1) is 18.4 Å². The maximum Gasteiger partial charge on any atom is 0.312 e. The molecule has 0 aliphatic rings. The van der Waals surface area contributed by atoms with Crippen molar-refractivity contribution in [2.75, 3.05) is 24.8 Å². The van der Waals surface area contributed by atoms with Crippen LogP contribution in [0.4, 0.5) is 10.2 Å². The Kier molecular flexibility index (Phi) is 8.07. The van der Waals surface area contributed by atoms with Gasteiger partial charge in [-0.25, -0.2) is 4.98 Å². The molecular formula is C18H22FN5O4S. The summed E-state index contributed by atoms with van der Waals surface area (Å²) in [5, 5.41) is 12.0. The third kappa shape index (κ3) is 5.96. The summed E-state index contributed by atoms with van der Waals surface area (Å²) in [5.41, 5.74) is -0.762. The number of nitrogens with zero attached hydrogens (tertiary/aromatic N) is 4. The topological polar surface area (TPSA) is 119 Å². The van der Waals surface area contributed by atoms with Gasteiger partial charge in [-0.15, -0.1) is 6.42 Å². The number of halogens is 1. The van der Waals surface area contributed by atoms with E-state index >= 15 is 0 Å². The number of aromatic nitrogens is 4. The highest BCUT2D eigenvalue weighted by atomic mass is 32.2. The Bertz CT molecular complexity index is 923. The van der Waals surface area contributed by atoms with Crippen molar-refractivity contribution >= 4 is 39.8 Å². The quantitative estimate of drug-likeness (QED) is 0.334. The summed E-state index contributed by atoms with van der Waals surface area (Å²) in [7, 11) is 1.40. The van der Waals surface area contributed by atoms with Gasteiger partial charge in [0.15, 0.2) is 27.7 Å². The molecule has 2 N–H and O–H groups in total. The van der Waals surface area contributed by atoms with E-state index < -0.39 is 11.7 Å². The zero-order valence-electron chi connectivity index (χ0n) is 16.1. The fraction of sp³-hybridized carbons (Fsp3) is 0.500. The maximum absolute atomic E-state index is 13.9. The number of imidazole rings is 1. The lowest BCUT2D eigenvalue weighted by Crippen LogP contribution is -2.35. The predicted molar refractivity (Wildman–Crippen MR) is 107 cm³/mol. The molecule has 0 saturated carbocycles. The van der Waals surface area contributed by atoms with E-state index in [1.807, 2.05) is 0 Å². The molecule has 0 aliphatic heterocycles. The first-order chi connectivity index (χ1) is 13.8. The van der Waals surface area contributed by atoms with Crippen LogP contribution in [0.15, 0.2) is 6.33 Å². The van der Waals surface area contributed by atoms with Crippen LogP contribution in [-0.2, 0) is 20.9 Å². The fourth-order valence-corrected chi connectivity index (χ4v) is 3.11. The van der Waals surface area contributed by atoms with Crippen LogP contribution in [0.2, 0.25) is 0 Å². The third-order valence-corrected chi connectivity index (χ3v) is 5.11. The highest BCUT2D eigenvalue weighted by Gasteiger charge is 2.26. The molecule has 0 radical (unpaired) electrons. The number of aliphatic hydroxyl groups is 1. The number of amides is 1. The van der Waals surface area contributed by atoms with Crippen LogP contribution in [0.25, 0.3) is 11.2 Å². The molecule has 0 aromatic carbocycles. The Labute approximate surface area is 171 Å². The Balaban J connectivity index is 2.13. The third-order valence-electron chi connectivity index (χ3n) is 4.21. The van der Waals surface area contributed by atoms with Gasteiger partial charge in [-0.1, -0.05) is 17.7 Å². The molecule has 1 atom stereocenters. The molecule has 9 nitrogen and oxygen atoms in total. The summed E-state index contributed by atoms with van der Waals surface area (Å²) in [6.45, 7) is 1.34. The van der Waals surface area contributed by atoms with Crippen molar-refractivity contribution in [2.45, 2.75) is 38.3 Å². The molecular weight excluding hydrogens is 401 g/mol. The van der Waals surface area contributed by atoms with Gasteiger partial charge in [0.1, 0.15) is 0 Å². The van der Waals surface area contributed by atoms with Crippen molar-refractivity contribution in [3.63, 3.8) is 0 Å². The van der Waals surface area contributed by atoms with Crippen LogP contribution in [0.1, 0.15) is 26.2 Å². The van der Waals surface area contributed by atoms with E-state index in [9.17, 15) is 19.1 Å². The monoisotopic (exact) mass is 423 g/mol. The van der Waals surface area contributed by atoms with Gasteiger partial charge in [0.05, 0.1) is 12.9 Å². The molecule has 2 heterocycles. The van der Waals surface area contributed by atoms with Gasteiger partial charge >= 0.3 is 6.08 Å². The number of carbonyl (C=O) groups is 2. The molecule has 0 spiro atoms. The number of anilines is 1. The first kappa shape index (κ1) is 22.7.